The minimum absolute atomic E-state index is 0.0356. The van der Waals surface area contributed by atoms with E-state index in [1.165, 1.54) is 18.2 Å². The van der Waals surface area contributed by atoms with Crippen LogP contribution in [0.3, 0.4) is 0 Å². The molecule has 2 aromatic rings. The summed E-state index contributed by atoms with van der Waals surface area (Å²) < 4.78 is 27.5. The highest BCUT2D eigenvalue weighted by molar-refractivity contribution is 7.92. The van der Waals surface area contributed by atoms with Gasteiger partial charge in [0, 0.05) is 5.69 Å². The lowest BCUT2D eigenvalue weighted by Gasteiger charge is -2.12. The van der Waals surface area contributed by atoms with Gasteiger partial charge in [0.2, 0.25) is 0 Å². The molecule has 5 nitrogen and oxygen atoms in total. The van der Waals surface area contributed by atoms with E-state index in [1.807, 2.05) is 19.9 Å². The molecule has 0 heterocycles. The third kappa shape index (κ3) is 3.46. The zero-order valence-electron chi connectivity index (χ0n) is 12.5. The molecule has 6 heteroatoms. The van der Waals surface area contributed by atoms with Gasteiger partial charge in [-0.2, -0.15) is 0 Å². The highest BCUT2D eigenvalue weighted by atomic mass is 32.2. The average molecular weight is 319 g/mol. The van der Waals surface area contributed by atoms with Gasteiger partial charge in [-0.05, 0) is 61.7 Å². The number of nitrogens with one attached hydrogen (secondary N) is 1. The molecule has 0 radical (unpaired) electrons. The number of carbonyl (C=O) groups is 1. The normalized spacial score (nSPS) is 11.2. The second kappa shape index (κ2) is 5.81. The van der Waals surface area contributed by atoms with Crippen molar-refractivity contribution in [2.45, 2.75) is 25.7 Å². The second-order valence-electron chi connectivity index (χ2n) is 5.27. The predicted molar refractivity (Wildman–Crippen MR) is 84.9 cm³/mol. The van der Waals surface area contributed by atoms with Crippen molar-refractivity contribution in [3.63, 3.8) is 0 Å². The highest BCUT2D eigenvalue weighted by Crippen LogP contribution is 2.22. The van der Waals surface area contributed by atoms with Gasteiger partial charge in [-0.1, -0.05) is 12.1 Å². The largest absolute Gasteiger partial charge is 0.478 e. The molecule has 0 unspecified atom stereocenters. The number of carboxylic acid groups (broad SMARTS) is 1. The number of anilines is 1. The number of hydrogen-bond donors (Lipinski definition) is 2. The van der Waals surface area contributed by atoms with Crippen molar-refractivity contribution in [1.82, 2.24) is 0 Å². The van der Waals surface area contributed by atoms with E-state index in [4.69, 9.17) is 5.11 Å². The van der Waals surface area contributed by atoms with Crippen LogP contribution in [0, 0.1) is 20.8 Å². The van der Waals surface area contributed by atoms with Crippen LogP contribution in [0.15, 0.2) is 41.3 Å². The van der Waals surface area contributed by atoms with Crippen LogP contribution in [0.1, 0.15) is 27.0 Å². The maximum Gasteiger partial charge on any atom is 0.335 e. The lowest BCUT2D eigenvalue weighted by Crippen LogP contribution is -2.15. The molecule has 0 atom stereocenters. The molecule has 0 saturated carbocycles. The summed E-state index contributed by atoms with van der Waals surface area (Å²) in [5.74, 6) is -1.16. The first kappa shape index (κ1) is 16.0. The maximum absolute atomic E-state index is 12.5. The summed E-state index contributed by atoms with van der Waals surface area (Å²) in [6.45, 7) is 5.38. The fourth-order valence-electron chi connectivity index (χ4n) is 2.27. The van der Waals surface area contributed by atoms with Gasteiger partial charge < -0.3 is 5.11 Å². The van der Waals surface area contributed by atoms with Crippen LogP contribution in [0.5, 0.6) is 0 Å². The molecule has 22 heavy (non-hydrogen) atoms. The molecule has 116 valence electrons. The number of benzene rings is 2. The van der Waals surface area contributed by atoms with Gasteiger partial charge in [0.25, 0.3) is 10.0 Å². The first-order valence-corrected chi connectivity index (χ1v) is 8.12. The van der Waals surface area contributed by atoms with E-state index in [2.05, 4.69) is 4.72 Å². The second-order valence-corrected chi connectivity index (χ2v) is 6.92. The van der Waals surface area contributed by atoms with Crippen LogP contribution in [0.2, 0.25) is 0 Å². The summed E-state index contributed by atoms with van der Waals surface area (Å²) in [5, 5.41) is 9.01. The van der Waals surface area contributed by atoms with Crippen molar-refractivity contribution in [3.8, 4) is 0 Å². The van der Waals surface area contributed by atoms with Gasteiger partial charge in [0.1, 0.15) is 0 Å². The fourth-order valence-corrected chi connectivity index (χ4v) is 3.58. The highest BCUT2D eigenvalue weighted by Gasteiger charge is 2.19. The first-order chi connectivity index (χ1) is 10.2. The Morgan fingerprint density at radius 2 is 1.59 bits per heavy atom. The Balaban J connectivity index is 2.46. The van der Waals surface area contributed by atoms with E-state index in [0.717, 1.165) is 11.1 Å². The number of rotatable bonds is 4. The van der Waals surface area contributed by atoms with Crippen LogP contribution in [0.25, 0.3) is 0 Å². The van der Waals surface area contributed by atoms with Crippen molar-refractivity contribution in [2.75, 3.05) is 4.72 Å². The minimum atomic E-state index is -3.85. The zero-order chi connectivity index (χ0) is 16.5. The fraction of sp³-hybridized carbons (Fsp3) is 0.188. The quantitative estimate of drug-likeness (QED) is 0.907. The molecule has 0 spiro atoms. The summed E-state index contributed by atoms with van der Waals surface area (Å²) in [6.07, 6.45) is 0. The van der Waals surface area contributed by atoms with Crippen molar-refractivity contribution in [2.24, 2.45) is 0 Å². The Labute approximate surface area is 129 Å². The minimum Gasteiger partial charge on any atom is -0.478 e. The molecule has 0 fully saturated rings. The molecule has 2 rings (SSSR count). The van der Waals surface area contributed by atoms with Crippen molar-refractivity contribution in [1.29, 1.82) is 0 Å². The van der Waals surface area contributed by atoms with Gasteiger partial charge in [0.05, 0.1) is 10.5 Å². The lowest BCUT2D eigenvalue weighted by atomic mass is 10.1. The number of hydrogen-bond acceptors (Lipinski definition) is 3. The van der Waals surface area contributed by atoms with Crippen LogP contribution in [-0.4, -0.2) is 19.5 Å². The molecule has 0 amide bonds. The summed E-state index contributed by atoms with van der Waals surface area (Å²) >= 11 is 0. The van der Waals surface area contributed by atoms with Crippen molar-refractivity contribution in [3.05, 3.63) is 58.7 Å². The Kier molecular flexibility index (Phi) is 4.23. The average Bonchev–Trinajstić information content (AvgIpc) is 2.36. The number of carboxylic acids is 1. The molecule has 0 aliphatic rings. The van der Waals surface area contributed by atoms with E-state index in [-0.39, 0.29) is 10.5 Å². The standard InChI is InChI=1S/C16H17NO4S/c1-10-6-11(2)8-14(7-10)17-22(20,21)15-9-13(16(18)19)5-4-12(15)3/h4-9,17H,1-3H3,(H,18,19). The van der Waals surface area contributed by atoms with Crippen molar-refractivity contribution < 1.29 is 18.3 Å². The first-order valence-electron chi connectivity index (χ1n) is 6.64. The number of aromatic carboxylic acids is 1. The van der Waals surface area contributed by atoms with E-state index in [9.17, 15) is 13.2 Å². The number of sulfonamides is 1. The lowest BCUT2D eigenvalue weighted by molar-refractivity contribution is 0.0696. The van der Waals surface area contributed by atoms with E-state index >= 15 is 0 Å². The topological polar surface area (TPSA) is 83.5 Å². The smallest absolute Gasteiger partial charge is 0.335 e. The summed E-state index contributed by atoms with van der Waals surface area (Å²) in [5.41, 5.74) is 2.76. The molecule has 0 bridgehead atoms. The Morgan fingerprint density at radius 1 is 1.00 bits per heavy atom. The summed E-state index contributed by atoms with van der Waals surface area (Å²) in [7, 11) is -3.85. The Morgan fingerprint density at radius 3 is 2.14 bits per heavy atom. The van der Waals surface area contributed by atoms with Gasteiger partial charge in [0.15, 0.2) is 0 Å². The maximum atomic E-state index is 12.5. The van der Waals surface area contributed by atoms with Gasteiger partial charge >= 0.3 is 5.97 Å². The van der Waals surface area contributed by atoms with Gasteiger partial charge in [-0.3, -0.25) is 4.72 Å². The van der Waals surface area contributed by atoms with Crippen molar-refractivity contribution >= 4 is 21.7 Å². The summed E-state index contributed by atoms with van der Waals surface area (Å²) in [4.78, 5) is 11.0. The zero-order valence-corrected chi connectivity index (χ0v) is 13.4. The van der Waals surface area contributed by atoms with Gasteiger partial charge in [-0.15, -0.1) is 0 Å². The number of aryl methyl sites for hydroxylation is 3. The molecule has 0 aromatic heterocycles. The molecule has 2 aromatic carbocycles. The third-order valence-electron chi connectivity index (χ3n) is 3.20. The van der Waals surface area contributed by atoms with Crippen LogP contribution >= 0.6 is 0 Å². The summed E-state index contributed by atoms with van der Waals surface area (Å²) in [6, 6.07) is 9.42. The molecule has 0 aliphatic carbocycles. The Bertz CT molecular complexity index is 821. The molecule has 0 saturated heterocycles. The van der Waals surface area contributed by atoms with E-state index in [1.54, 1.807) is 19.1 Å². The van der Waals surface area contributed by atoms with Crippen LogP contribution in [-0.2, 0) is 10.0 Å². The SMILES string of the molecule is Cc1cc(C)cc(NS(=O)(=O)c2cc(C(=O)O)ccc2C)c1. The Hall–Kier alpha value is -2.34. The predicted octanol–water partition coefficient (Wildman–Crippen LogP) is 3.11. The van der Waals surface area contributed by atoms with E-state index in [0.29, 0.717) is 11.3 Å². The third-order valence-corrected chi connectivity index (χ3v) is 4.72. The van der Waals surface area contributed by atoms with Crippen LogP contribution < -0.4 is 4.72 Å². The monoisotopic (exact) mass is 319 g/mol. The van der Waals surface area contributed by atoms with Crippen LogP contribution in [0.4, 0.5) is 5.69 Å². The molecular weight excluding hydrogens is 302 g/mol. The molecular formula is C16H17NO4S. The molecule has 0 aliphatic heterocycles. The molecule has 2 N–H and O–H groups in total. The van der Waals surface area contributed by atoms with Gasteiger partial charge in [-0.25, -0.2) is 13.2 Å². The van der Waals surface area contributed by atoms with E-state index < -0.39 is 16.0 Å².